The average Bonchev–Trinajstić information content (AvgIpc) is 3.10. The van der Waals surface area contributed by atoms with Crippen molar-refractivity contribution in [1.29, 1.82) is 0 Å². The fourth-order valence-electron chi connectivity index (χ4n) is 2.68. The van der Waals surface area contributed by atoms with E-state index in [-0.39, 0.29) is 30.1 Å². The highest BCUT2D eigenvalue weighted by atomic mass is 16.8. The molecule has 0 bridgehead atoms. The van der Waals surface area contributed by atoms with Crippen molar-refractivity contribution in [3.05, 3.63) is 34.4 Å². The van der Waals surface area contributed by atoms with Gasteiger partial charge in [0.05, 0.1) is 30.2 Å². The van der Waals surface area contributed by atoms with E-state index in [1.807, 2.05) is 0 Å². The number of fused-ring (bicyclic) bond motifs is 1. The van der Waals surface area contributed by atoms with Gasteiger partial charge in [-0.15, -0.1) is 0 Å². The monoisotopic (exact) mass is 325 g/mol. The SMILES string of the molecule is CO[C@H]1CO[C@@H]2OC[C@H](OC(=O)Oc3ccc([N+](=O)[O-])cc3)[C@@H]21. The number of hydrogen-bond acceptors (Lipinski definition) is 8. The molecule has 1 aromatic rings. The first-order chi connectivity index (χ1) is 11.1. The number of ether oxygens (including phenoxy) is 5. The second-order valence-corrected chi connectivity index (χ2v) is 5.15. The molecule has 0 aromatic heterocycles. The van der Waals surface area contributed by atoms with Gasteiger partial charge >= 0.3 is 6.16 Å². The summed E-state index contributed by atoms with van der Waals surface area (Å²) in [5.74, 6) is -0.0496. The largest absolute Gasteiger partial charge is 0.514 e. The van der Waals surface area contributed by atoms with Gasteiger partial charge in [-0.25, -0.2) is 4.79 Å². The summed E-state index contributed by atoms with van der Waals surface area (Å²) in [5, 5.41) is 10.6. The summed E-state index contributed by atoms with van der Waals surface area (Å²) in [7, 11) is 1.56. The summed E-state index contributed by atoms with van der Waals surface area (Å²) < 4.78 is 26.4. The first kappa shape index (κ1) is 15.7. The van der Waals surface area contributed by atoms with Crippen LogP contribution >= 0.6 is 0 Å². The van der Waals surface area contributed by atoms with Gasteiger partial charge in [-0.1, -0.05) is 0 Å². The minimum atomic E-state index is -0.908. The first-order valence-electron chi connectivity index (χ1n) is 6.97. The zero-order chi connectivity index (χ0) is 16.4. The molecule has 3 rings (SSSR count). The molecule has 0 N–H and O–H groups in total. The van der Waals surface area contributed by atoms with Crippen LogP contribution in [0.5, 0.6) is 5.75 Å². The van der Waals surface area contributed by atoms with Gasteiger partial charge in [0.2, 0.25) is 0 Å². The van der Waals surface area contributed by atoms with Crippen LogP contribution < -0.4 is 4.74 Å². The van der Waals surface area contributed by atoms with E-state index >= 15 is 0 Å². The molecule has 2 aliphatic rings. The lowest BCUT2D eigenvalue weighted by atomic mass is 10.0. The second-order valence-electron chi connectivity index (χ2n) is 5.15. The zero-order valence-electron chi connectivity index (χ0n) is 12.2. The Hall–Kier alpha value is -2.23. The van der Waals surface area contributed by atoms with E-state index in [4.69, 9.17) is 23.7 Å². The third kappa shape index (κ3) is 3.26. The van der Waals surface area contributed by atoms with E-state index in [2.05, 4.69) is 0 Å². The number of nitro benzene ring substituents is 1. The van der Waals surface area contributed by atoms with Crippen LogP contribution in [0, 0.1) is 16.0 Å². The van der Waals surface area contributed by atoms with Crippen molar-refractivity contribution in [3.63, 3.8) is 0 Å². The average molecular weight is 325 g/mol. The van der Waals surface area contributed by atoms with Crippen molar-refractivity contribution in [2.45, 2.75) is 18.5 Å². The molecular weight excluding hydrogens is 310 g/mol. The number of nitrogens with zero attached hydrogens (tertiary/aromatic N) is 1. The van der Waals surface area contributed by atoms with Gasteiger partial charge in [-0.05, 0) is 12.1 Å². The van der Waals surface area contributed by atoms with Gasteiger partial charge in [0, 0.05) is 19.2 Å². The molecule has 0 amide bonds. The highest BCUT2D eigenvalue weighted by Gasteiger charge is 2.50. The minimum Gasteiger partial charge on any atom is -0.428 e. The molecule has 0 aliphatic carbocycles. The lowest BCUT2D eigenvalue weighted by molar-refractivity contribution is -0.384. The summed E-state index contributed by atoms with van der Waals surface area (Å²) in [4.78, 5) is 21.9. The Balaban J connectivity index is 1.58. The highest BCUT2D eigenvalue weighted by Crippen LogP contribution is 2.35. The van der Waals surface area contributed by atoms with E-state index in [9.17, 15) is 14.9 Å². The molecule has 2 aliphatic heterocycles. The van der Waals surface area contributed by atoms with E-state index in [1.165, 1.54) is 24.3 Å². The zero-order valence-corrected chi connectivity index (χ0v) is 12.2. The third-order valence-electron chi connectivity index (χ3n) is 3.82. The summed E-state index contributed by atoms with van der Waals surface area (Å²) in [5.41, 5.74) is -0.0937. The van der Waals surface area contributed by atoms with Crippen LogP contribution in [0.4, 0.5) is 10.5 Å². The Labute approximate surface area is 131 Å². The second kappa shape index (κ2) is 6.49. The van der Waals surface area contributed by atoms with E-state index in [0.717, 1.165) is 0 Å². The molecule has 0 saturated carbocycles. The maximum Gasteiger partial charge on any atom is 0.514 e. The van der Waals surface area contributed by atoms with Gasteiger partial charge < -0.3 is 23.7 Å². The lowest BCUT2D eigenvalue weighted by Gasteiger charge is -2.20. The van der Waals surface area contributed by atoms with E-state index in [1.54, 1.807) is 7.11 Å². The van der Waals surface area contributed by atoms with Crippen LogP contribution in [0.2, 0.25) is 0 Å². The summed E-state index contributed by atoms with van der Waals surface area (Å²) >= 11 is 0. The molecule has 0 radical (unpaired) electrons. The Morgan fingerprint density at radius 1 is 1.22 bits per heavy atom. The van der Waals surface area contributed by atoms with Crippen LogP contribution in [0.3, 0.4) is 0 Å². The van der Waals surface area contributed by atoms with Crippen LogP contribution in [-0.4, -0.2) is 49.9 Å². The number of carbonyl (C=O) groups excluding carboxylic acids is 1. The van der Waals surface area contributed by atoms with Crippen LogP contribution in [0.15, 0.2) is 24.3 Å². The van der Waals surface area contributed by atoms with Crippen molar-refractivity contribution < 1.29 is 33.4 Å². The first-order valence-corrected chi connectivity index (χ1v) is 6.97. The number of methoxy groups -OCH3 is 1. The fourth-order valence-corrected chi connectivity index (χ4v) is 2.68. The molecule has 0 spiro atoms. The highest BCUT2D eigenvalue weighted by molar-refractivity contribution is 5.64. The molecule has 9 nitrogen and oxygen atoms in total. The van der Waals surface area contributed by atoms with Crippen molar-refractivity contribution in [3.8, 4) is 5.75 Å². The fraction of sp³-hybridized carbons (Fsp3) is 0.500. The Bertz CT molecular complexity index is 589. The predicted octanol–water partition coefficient (Wildman–Crippen LogP) is 1.50. The molecule has 2 heterocycles. The number of rotatable bonds is 4. The topological polar surface area (TPSA) is 106 Å². The van der Waals surface area contributed by atoms with Crippen LogP contribution in [0.1, 0.15) is 0 Å². The maximum absolute atomic E-state index is 11.9. The number of nitro groups is 1. The van der Waals surface area contributed by atoms with E-state index in [0.29, 0.717) is 6.61 Å². The number of hydrogen-bond donors (Lipinski definition) is 0. The Morgan fingerprint density at radius 3 is 2.48 bits per heavy atom. The maximum atomic E-state index is 11.9. The molecule has 124 valence electrons. The summed E-state index contributed by atoms with van der Waals surface area (Å²) in [6.45, 7) is 0.577. The predicted molar refractivity (Wildman–Crippen MR) is 74.0 cm³/mol. The molecule has 0 unspecified atom stereocenters. The van der Waals surface area contributed by atoms with Gasteiger partial charge in [0.1, 0.15) is 11.9 Å². The number of non-ortho nitro benzene ring substituents is 1. The van der Waals surface area contributed by atoms with Gasteiger partial charge in [0.25, 0.3) is 5.69 Å². The van der Waals surface area contributed by atoms with Crippen LogP contribution in [-0.2, 0) is 18.9 Å². The molecule has 23 heavy (non-hydrogen) atoms. The minimum absolute atomic E-state index is 0.0937. The van der Waals surface area contributed by atoms with Gasteiger partial charge in [0.15, 0.2) is 6.29 Å². The molecule has 2 saturated heterocycles. The molecule has 9 heteroatoms. The quantitative estimate of drug-likeness (QED) is 0.355. The van der Waals surface area contributed by atoms with Gasteiger partial charge in [-0.3, -0.25) is 10.1 Å². The summed E-state index contributed by atoms with van der Waals surface area (Å²) in [6, 6.07) is 5.13. The molecule has 4 atom stereocenters. The number of carbonyl (C=O) groups is 1. The smallest absolute Gasteiger partial charge is 0.428 e. The molecule has 2 fully saturated rings. The summed E-state index contributed by atoms with van der Waals surface area (Å²) in [6.07, 6.45) is -2.09. The van der Waals surface area contributed by atoms with E-state index < -0.39 is 23.5 Å². The Kier molecular flexibility index (Phi) is 4.42. The standard InChI is InChI=1S/C14H15NO8/c1-19-10-6-20-13-12(10)11(7-21-13)23-14(16)22-9-4-2-8(3-5-9)15(17)18/h2-5,10-13H,6-7H2,1H3/t10-,11-,12-,13+/m0/s1. The van der Waals surface area contributed by atoms with Gasteiger partial charge in [-0.2, -0.15) is 0 Å². The van der Waals surface area contributed by atoms with Crippen molar-refractivity contribution >= 4 is 11.8 Å². The molecule has 1 aromatic carbocycles. The Morgan fingerprint density at radius 2 is 1.87 bits per heavy atom. The van der Waals surface area contributed by atoms with Crippen LogP contribution in [0.25, 0.3) is 0 Å². The third-order valence-corrected chi connectivity index (χ3v) is 3.82. The van der Waals surface area contributed by atoms with Crippen molar-refractivity contribution in [1.82, 2.24) is 0 Å². The number of benzene rings is 1. The normalized spacial score (nSPS) is 29.1. The lowest BCUT2D eigenvalue weighted by Crippen LogP contribution is -2.35. The van der Waals surface area contributed by atoms with Crippen molar-refractivity contribution in [2.75, 3.05) is 20.3 Å². The van der Waals surface area contributed by atoms with Crippen molar-refractivity contribution in [2.24, 2.45) is 5.92 Å². The molecular formula is C14H15NO8.